The standard InChI is InChI=1S/C17H19ClN2O3/c1-11(21)16-14(17(22)20-9-3-2-4-10-20)15(19-23-16)12-5-7-13(18)8-6-12/h5-8,11,21H,2-4,9-10H2,1H3. The number of piperidine rings is 1. The van der Waals surface area contributed by atoms with Crippen LogP contribution in [0.15, 0.2) is 28.8 Å². The molecule has 1 aliphatic heterocycles. The zero-order valence-corrected chi connectivity index (χ0v) is 13.7. The molecule has 0 bridgehead atoms. The molecule has 1 amide bonds. The molecular formula is C17H19ClN2O3. The summed E-state index contributed by atoms with van der Waals surface area (Å²) in [5.74, 6) is 0.0809. The van der Waals surface area contributed by atoms with E-state index in [1.807, 2.05) is 0 Å². The van der Waals surface area contributed by atoms with Crippen molar-refractivity contribution in [3.8, 4) is 11.3 Å². The molecule has 1 aliphatic rings. The van der Waals surface area contributed by atoms with Gasteiger partial charge in [-0.1, -0.05) is 28.9 Å². The van der Waals surface area contributed by atoms with E-state index in [-0.39, 0.29) is 11.7 Å². The second kappa shape index (κ2) is 6.72. The van der Waals surface area contributed by atoms with Gasteiger partial charge in [-0.15, -0.1) is 0 Å². The maximum atomic E-state index is 12.9. The molecule has 1 aromatic carbocycles. The Bertz CT molecular complexity index is 688. The molecule has 1 saturated heterocycles. The van der Waals surface area contributed by atoms with E-state index in [2.05, 4.69) is 5.16 Å². The lowest BCUT2D eigenvalue weighted by atomic mass is 10.0. The number of rotatable bonds is 3. The highest BCUT2D eigenvalue weighted by molar-refractivity contribution is 6.30. The average Bonchev–Trinajstić information content (AvgIpc) is 3.01. The predicted molar refractivity (Wildman–Crippen MR) is 87.3 cm³/mol. The van der Waals surface area contributed by atoms with Gasteiger partial charge in [-0.05, 0) is 38.3 Å². The van der Waals surface area contributed by atoms with E-state index < -0.39 is 6.10 Å². The van der Waals surface area contributed by atoms with Gasteiger partial charge in [0.25, 0.3) is 5.91 Å². The number of benzene rings is 1. The smallest absolute Gasteiger partial charge is 0.259 e. The van der Waals surface area contributed by atoms with Gasteiger partial charge in [0, 0.05) is 23.7 Å². The third-order valence-corrected chi connectivity index (χ3v) is 4.32. The van der Waals surface area contributed by atoms with E-state index >= 15 is 0 Å². The lowest BCUT2D eigenvalue weighted by Gasteiger charge is -2.26. The number of halogens is 1. The van der Waals surface area contributed by atoms with Crippen LogP contribution in [0.1, 0.15) is 48.4 Å². The van der Waals surface area contributed by atoms with Crippen LogP contribution in [-0.4, -0.2) is 34.2 Å². The minimum absolute atomic E-state index is 0.133. The van der Waals surface area contributed by atoms with E-state index in [1.54, 1.807) is 36.1 Å². The summed E-state index contributed by atoms with van der Waals surface area (Å²) in [5, 5.41) is 14.6. The number of aromatic nitrogens is 1. The fourth-order valence-electron chi connectivity index (χ4n) is 2.85. The monoisotopic (exact) mass is 334 g/mol. The Balaban J connectivity index is 2.03. The van der Waals surface area contributed by atoms with Crippen LogP contribution in [-0.2, 0) is 0 Å². The molecular weight excluding hydrogens is 316 g/mol. The van der Waals surface area contributed by atoms with Gasteiger partial charge in [0.2, 0.25) is 0 Å². The van der Waals surface area contributed by atoms with Crippen molar-refractivity contribution in [2.75, 3.05) is 13.1 Å². The lowest BCUT2D eigenvalue weighted by Crippen LogP contribution is -2.36. The second-order valence-corrected chi connectivity index (χ2v) is 6.24. The molecule has 1 atom stereocenters. The van der Waals surface area contributed by atoms with Crippen LogP contribution in [0.2, 0.25) is 5.02 Å². The number of aliphatic hydroxyl groups is 1. The average molecular weight is 335 g/mol. The van der Waals surface area contributed by atoms with E-state index in [9.17, 15) is 9.90 Å². The maximum Gasteiger partial charge on any atom is 0.259 e. The molecule has 2 heterocycles. The van der Waals surface area contributed by atoms with Gasteiger partial charge in [-0.2, -0.15) is 0 Å². The summed E-state index contributed by atoms with van der Waals surface area (Å²) in [6.45, 7) is 3.02. The van der Waals surface area contributed by atoms with Gasteiger partial charge >= 0.3 is 0 Å². The number of aliphatic hydroxyl groups excluding tert-OH is 1. The predicted octanol–water partition coefficient (Wildman–Crippen LogP) is 3.67. The Kier molecular flexibility index (Phi) is 4.68. The molecule has 3 rings (SSSR count). The van der Waals surface area contributed by atoms with Crippen LogP contribution >= 0.6 is 11.6 Å². The third-order valence-electron chi connectivity index (χ3n) is 4.07. The van der Waals surface area contributed by atoms with Crippen LogP contribution < -0.4 is 0 Å². The second-order valence-electron chi connectivity index (χ2n) is 5.81. The van der Waals surface area contributed by atoms with Crippen LogP contribution in [0.25, 0.3) is 11.3 Å². The van der Waals surface area contributed by atoms with Gasteiger partial charge in [-0.3, -0.25) is 4.79 Å². The number of hydrogen-bond donors (Lipinski definition) is 1. The Morgan fingerprint density at radius 3 is 2.52 bits per heavy atom. The summed E-state index contributed by atoms with van der Waals surface area (Å²) in [6.07, 6.45) is 2.24. The summed E-state index contributed by atoms with van der Waals surface area (Å²) < 4.78 is 5.27. The Morgan fingerprint density at radius 2 is 1.91 bits per heavy atom. The van der Waals surface area contributed by atoms with Crippen molar-refractivity contribution in [3.05, 3.63) is 40.6 Å². The molecule has 6 heteroatoms. The summed E-state index contributed by atoms with van der Waals surface area (Å²) >= 11 is 5.92. The number of likely N-dealkylation sites (tertiary alicyclic amines) is 1. The number of carbonyl (C=O) groups excluding carboxylic acids is 1. The van der Waals surface area contributed by atoms with Crippen molar-refractivity contribution in [2.24, 2.45) is 0 Å². The molecule has 1 fully saturated rings. The fraction of sp³-hybridized carbons (Fsp3) is 0.412. The minimum Gasteiger partial charge on any atom is -0.385 e. The minimum atomic E-state index is -0.896. The zero-order chi connectivity index (χ0) is 16.4. The lowest BCUT2D eigenvalue weighted by molar-refractivity contribution is 0.0713. The number of carbonyl (C=O) groups is 1. The summed E-state index contributed by atoms with van der Waals surface area (Å²) in [6, 6.07) is 7.06. The SMILES string of the molecule is CC(O)c1onc(-c2ccc(Cl)cc2)c1C(=O)N1CCCCC1. The van der Waals surface area contributed by atoms with Gasteiger partial charge in [0.1, 0.15) is 17.4 Å². The Morgan fingerprint density at radius 1 is 1.26 bits per heavy atom. The van der Waals surface area contributed by atoms with Crippen molar-refractivity contribution in [3.63, 3.8) is 0 Å². The molecule has 2 aromatic rings. The van der Waals surface area contributed by atoms with Crippen molar-refractivity contribution in [2.45, 2.75) is 32.3 Å². The molecule has 1 aromatic heterocycles. The Labute approximate surface area is 139 Å². The van der Waals surface area contributed by atoms with Crippen LogP contribution in [0.4, 0.5) is 0 Å². The molecule has 5 nitrogen and oxygen atoms in total. The third kappa shape index (κ3) is 3.26. The van der Waals surface area contributed by atoms with Gasteiger partial charge in [0.15, 0.2) is 5.76 Å². The first-order valence-corrected chi connectivity index (χ1v) is 8.18. The van der Waals surface area contributed by atoms with Crippen LogP contribution in [0.3, 0.4) is 0 Å². The first-order chi connectivity index (χ1) is 11.1. The van der Waals surface area contributed by atoms with E-state index in [0.29, 0.717) is 16.3 Å². The highest BCUT2D eigenvalue weighted by Gasteiger charge is 2.30. The molecule has 1 unspecified atom stereocenters. The summed E-state index contributed by atoms with van der Waals surface area (Å²) in [7, 11) is 0. The quantitative estimate of drug-likeness (QED) is 0.930. The first-order valence-electron chi connectivity index (χ1n) is 7.81. The number of amides is 1. The number of nitrogens with zero attached hydrogens (tertiary/aromatic N) is 2. The van der Waals surface area contributed by atoms with Gasteiger partial charge < -0.3 is 14.5 Å². The molecule has 122 valence electrons. The Hall–Kier alpha value is -1.85. The molecule has 23 heavy (non-hydrogen) atoms. The normalized spacial score (nSPS) is 16.4. The topological polar surface area (TPSA) is 66.6 Å². The fourth-order valence-corrected chi connectivity index (χ4v) is 2.98. The highest BCUT2D eigenvalue weighted by atomic mass is 35.5. The van der Waals surface area contributed by atoms with E-state index in [1.165, 1.54) is 0 Å². The van der Waals surface area contributed by atoms with E-state index in [0.717, 1.165) is 37.9 Å². The molecule has 0 aliphatic carbocycles. The van der Waals surface area contributed by atoms with Gasteiger partial charge in [0.05, 0.1) is 0 Å². The highest BCUT2D eigenvalue weighted by Crippen LogP contribution is 2.31. The van der Waals surface area contributed by atoms with Crippen LogP contribution in [0, 0.1) is 0 Å². The molecule has 1 N–H and O–H groups in total. The zero-order valence-electron chi connectivity index (χ0n) is 13.0. The molecule has 0 radical (unpaired) electrons. The van der Waals surface area contributed by atoms with Crippen LogP contribution in [0.5, 0.6) is 0 Å². The van der Waals surface area contributed by atoms with Crippen molar-refractivity contribution < 1.29 is 14.4 Å². The van der Waals surface area contributed by atoms with Crippen molar-refractivity contribution in [1.29, 1.82) is 0 Å². The summed E-state index contributed by atoms with van der Waals surface area (Å²) in [4.78, 5) is 14.7. The van der Waals surface area contributed by atoms with Gasteiger partial charge in [-0.25, -0.2) is 0 Å². The van der Waals surface area contributed by atoms with Crippen molar-refractivity contribution >= 4 is 17.5 Å². The first kappa shape index (κ1) is 16.0. The number of hydrogen-bond acceptors (Lipinski definition) is 4. The molecule has 0 saturated carbocycles. The van der Waals surface area contributed by atoms with Crippen molar-refractivity contribution in [1.82, 2.24) is 10.1 Å². The van der Waals surface area contributed by atoms with E-state index in [4.69, 9.17) is 16.1 Å². The summed E-state index contributed by atoms with van der Waals surface area (Å²) in [5.41, 5.74) is 1.54. The maximum absolute atomic E-state index is 12.9. The molecule has 0 spiro atoms. The largest absolute Gasteiger partial charge is 0.385 e.